The van der Waals surface area contributed by atoms with Crippen molar-refractivity contribution in [2.24, 2.45) is 0 Å². The maximum atomic E-state index is 11.8. The van der Waals surface area contributed by atoms with E-state index in [0.717, 1.165) is 42.3 Å². The maximum Gasteiger partial charge on any atom is 0.304 e. The minimum absolute atomic E-state index is 0.0186. The number of sulfone groups is 1. The van der Waals surface area contributed by atoms with E-state index in [4.69, 9.17) is 4.74 Å². The van der Waals surface area contributed by atoms with Crippen molar-refractivity contribution in [2.45, 2.75) is 10.3 Å². The van der Waals surface area contributed by atoms with E-state index in [9.17, 15) is 18.5 Å². The first-order valence-corrected chi connectivity index (χ1v) is 11.2. The van der Waals surface area contributed by atoms with Crippen LogP contribution in [0.25, 0.3) is 0 Å². The zero-order valence-electron chi connectivity index (χ0n) is 14.8. The predicted molar refractivity (Wildman–Crippen MR) is 104 cm³/mol. The lowest BCUT2D eigenvalue weighted by molar-refractivity contribution is -0.383. The number of ether oxygens (including phenoxy) is 1. The molecule has 0 amide bonds. The minimum Gasteiger partial charge on any atom is -0.379 e. The van der Waals surface area contributed by atoms with Crippen LogP contribution >= 0.6 is 11.3 Å². The van der Waals surface area contributed by atoms with E-state index in [1.807, 2.05) is 30.3 Å². The molecule has 1 saturated heterocycles. The number of morpholine rings is 1. The molecule has 1 aliphatic rings. The van der Waals surface area contributed by atoms with Crippen molar-refractivity contribution in [3.63, 3.8) is 0 Å². The van der Waals surface area contributed by atoms with E-state index in [-0.39, 0.29) is 20.9 Å². The molecule has 10 heteroatoms. The zero-order chi connectivity index (χ0) is 19.4. The van der Waals surface area contributed by atoms with Crippen LogP contribution in [0.5, 0.6) is 0 Å². The molecule has 146 valence electrons. The highest BCUT2D eigenvalue weighted by Gasteiger charge is 2.27. The van der Waals surface area contributed by atoms with Crippen LogP contribution in [0.2, 0.25) is 0 Å². The van der Waals surface area contributed by atoms with Crippen molar-refractivity contribution in [3.05, 3.63) is 52.1 Å². The van der Waals surface area contributed by atoms with Gasteiger partial charge in [-0.1, -0.05) is 41.7 Å². The van der Waals surface area contributed by atoms with Crippen LogP contribution in [0, 0.1) is 10.1 Å². The SMILES string of the molecule is CS(=O)(=O)c1cc([N+](=O)[O-])c(NC(CN2CCOCC2)c2ccccc2)s1. The summed E-state index contributed by atoms with van der Waals surface area (Å²) in [5.41, 5.74) is 0.760. The molecule has 1 N–H and O–H groups in total. The quantitative estimate of drug-likeness (QED) is 0.552. The van der Waals surface area contributed by atoms with E-state index in [1.165, 1.54) is 0 Å². The Kier molecular flexibility index (Phi) is 6.10. The van der Waals surface area contributed by atoms with Gasteiger partial charge in [-0.05, 0) is 5.56 Å². The third-order valence-corrected chi connectivity index (χ3v) is 7.16. The van der Waals surface area contributed by atoms with Crippen molar-refractivity contribution in [1.82, 2.24) is 4.90 Å². The average molecular weight is 412 g/mol. The molecule has 0 aliphatic carbocycles. The Labute approximate surface area is 161 Å². The first-order valence-electron chi connectivity index (χ1n) is 8.44. The number of benzene rings is 1. The summed E-state index contributed by atoms with van der Waals surface area (Å²) >= 11 is 0.896. The van der Waals surface area contributed by atoms with Gasteiger partial charge in [-0.3, -0.25) is 15.0 Å². The van der Waals surface area contributed by atoms with Crippen LogP contribution in [0.3, 0.4) is 0 Å². The largest absolute Gasteiger partial charge is 0.379 e. The van der Waals surface area contributed by atoms with Gasteiger partial charge in [0.2, 0.25) is 0 Å². The summed E-state index contributed by atoms with van der Waals surface area (Å²) in [5, 5.41) is 14.9. The van der Waals surface area contributed by atoms with Gasteiger partial charge in [0.25, 0.3) is 0 Å². The van der Waals surface area contributed by atoms with Crippen LogP contribution in [0.4, 0.5) is 10.7 Å². The molecule has 2 aromatic rings. The Morgan fingerprint density at radius 3 is 2.56 bits per heavy atom. The Morgan fingerprint density at radius 2 is 1.96 bits per heavy atom. The van der Waals surface area contributed by atoms with Gasteiger partial charge >= 0.3 is 5.69 Å². The highest BCUT2D eigenvalue weighted by atomic mass is 32.2. The Bertz CT molecular complexity index is 893. The molecule has 0 radical (unpaired) electrons. The second-order valence-electron chi connectivity index (χ2n) is 6.33. The number of thiophene rings is 1. The molecule has 1 fully saturated rings. The molecule has 2 heterocycles. The van der Waals surface area contributed by atoms with Crippen molar-refractivity contribution in [3.8, 4) is 0 Å². The molecular formula is C17H21N3O5S2. The van der Waals surface area contributed by atoms with Gasteiger partial charge < -0.3 is 10.1 Å². The topological polar surface area (TPSA) is 102 Å². The Balaban J connectivity index is 1.91. The fraction of sp³-hybridized carbons (Fsp3) is 0.412. The van der Waals surface area contributed by atoms with E-state index < -0.39 is 14.8 Å². The highest BCUT2D eigenvalue weighted by molar-refractivity contribution is 7.92. The van der Waals surface area contributed by atoms with Gasteiger partial charge in [0.1, 0.15) is 4.21 Å². The van der Waals surface area contributed by atoms with Crippen LogP contribution in [-0.4, -0.2) is 57.3 Å². The van der Waals surface area contributed by atoms with Crippen molar-refractivity contribution in [1.29, 1.82) is 0 Å². The van der Waals surface area contributed by atoms with Crippen LogP contribution in [-0.2, 0) is 14.6 Å². The van der Waals surface area contributed by atoms with Crippen LogP contribution in [0.1, 0.15) is 11.6 Å². The zero-order valence-corrected chi connectivity index (χ0v) is 16.5. The predicted octanol–water partition coefficient (Wildman–Crippen LogP) is 2.55. The minimum atomic E-state index is -3.52. The second-order valence-corrected chi connectivity index (χ2v) is 9.62. The number of nitrogens with one attached hydrogen (secondary N) is 1. The maximum absolute atomic E-state index is 11.8. The summed E-state index contributed by atoms with van der Waals surface area (Å²) in [6, 6.07) is 10.5. The normalized spacial score (nSPS) is 16.8. The molecule has 3 rings (SSSR count). The fourth-order valence-corrected chi connectivity index (χ4v) is 4.89. The summed E-state index contributed by atoms with van der Waals surface area (Å²) in [7, 11) is -3.52. The average Bonchev–Trinajstić information content (AvgIpc) is 3.07. The third kappa shape index (κ3) is 5.04. The van der Waals surface area contributed by atoms with Crippen molar-refractivity contribution in [2.75, 3.05) is 44.4 Å². The first kappa shape index (κ1) is 19.7. The molecule has 1 atom stereocenters. The summed E-state index contributed by atoms with van der Waals surface area (Å²) in [6.45, 7) is 3.51. The summed E-state index contributed by atoms with van der Waals surface area (Å²) in [5.74, 6) is 0. The van der Waals surface area contributed by atoms with Gasteiger partial charge in [-0.15, -0.1) is 0 Å². The lowest BCUT2D eigenvalue weighted by Crippen LogP contribution is -2.40. The monoisotopic (exact) mass is 411 g/mol. The highest BCUT2D eigenvalue weighted by Crippen LogP contribution is 2.39. The lowest BCUT2D eigenvalue weighted by atomic mass is 10.1. The molecule has 1 aromatic heterocycles. The number of hydrogen-bond acceptors (Lipinski definition) is 8. The summed E-state index contributed by atoms with van der Waals surface area (Å²) in [4.78, 5) is 13.1. The van der Waals surface area contributed by atoms with Gasteiger partial charge in [0.15, 0.2) is 14.8 Å². The van der Waals surface area contributed by atoms with Gasteiger partial charge in [-0.2, -0.15) is 0 Å². The van der Waals surface area contributed by atoms with Crippen molar-refractivity contribution >= 4 is 31.9 Å². The number of rotatable bonds is 7. The third-order valence-electron chi connectivity index (χ3n) is 4.30. The number of anilines is 1. The first-order chi connectivity index (χ1) is 12.8. The molecular weight excluding hydrogens is 390 g/mol. The van der Waals surface area contributed by atoms with Gasteiger partial charge in [-0.25, -0.2) is 8.42 Å². The van der Waals surface area contributed by atoms with Crippen LogP contribution in [0.15, 0.2) is 40.6 Å². The fourth-order valence-electron chi connectivity index (χ4n) is 2.90. The molecule has 27 heavy (non-hydrogen) atoms. The lowest BCUT2D eigenvalue weighted by Gasteiger charge is -2.31. The van der Waals surface area contributed by atoms with Crippen molar-refractivity contribution < 1.29 is 18.1 Å². The number of nitro groups is 1. The molecule has 0 saturated carbocycles. The van der Waals surface area contributed by atoms with E-state index >= 15 is 0 Å². The molecule has 1 aliphatic heterocycles. The molecule has 1 aromatic carbocycles. The molecule has 1 unspecified atom stereocenters. The Morgan fingerprint density at radius 1 is 1.30 bits per heavy atom. The second kappa shape index (κ2) is 8.34. The van der Waals surface area contributed by atoms with Gasteiger partial charge in [0.05, 0.1) is 24.2 Å². The van der Waals surface area contributed by atoms with E-state index in [2.05, 4.69) is 10.2 Å². The smallest absolute Gasteiger partial charge is 0.304 e. The molecule has 8 nitrogen and oxygen atoms in total. The summed E-state index contributed by atoms with van der Waals surface area (Å²) < 4.78 is 29.0. The Hall–Kier alpha value is -2.01. The number of hydrogen-bond donors (Lipinski definition) is 1. The van der Waals surface area contributed by atoms with E-state index in [1.54, 1.807) is 0 Å². The number of nitrogens with zero attached hydrogens (tertiary/aromatic N) is 2. The molecule has 0 spiro atoms. The van der Waals surface area contributed by atoms with E-state index in [0.29, 0.717) is 19.8 Å². The van der Waals surface area contributed by atoms with Crippen LogP contribution < -0.4 is 5.32 Å². The van der Waals surface area contributed by atoms with Gasteiger partial charge in [0, 0.05) is 32.0 Å². The molecule has 0 bridgehead atoms. The summed E-state index contributed by atoms with van der Waals surface area (Å²) in [6.07, 6.45) is 1.05. The standard InChI is InChI=1S/C17H21N3O5S2/c1-27(23,24)16-11-15(20(21)22)17(26-16)18-14(13-5-3-2-4-6-13)12-19-7-9-25-10-8-19/h2-6,11,14,18H,7-10,12H2,1H3.